The normalized spacial score (nSPS) is 16.8. The molecule has 1 fully saturated rings. The molecule has 1 saturated heterocycles. The Balaban J connectivity index is 1.64. The number of carbonyl (C=O) groups excluding carboxylic acids is 1. The lowest BCUT2D eigenvalue weighted by atomic mass is 9.93. The lowest BCUT2D eigenvalue weighted by Crippen LogP contribution is -2.38. The molecular formula is C18H24N2O. The fourth-order valence-corrected chi connectivity index (χ4v) is 3.23. The van der Waals surface area contributed by atoms with Crippen LogP contribution in [0.15, 0.2) is 30.3 Å². The number of nitrogens with one attached hydrogen (secondary N) is 1. The number of fused-ring (bicyclic) bond motifs is 1. The average molecular weight is 284 g/mol. The summed E-state index contributed by atoms with van der Waals surface area (Å²) >= 11 is 0. The molecule has 0 aliphatic carbocycles. The highest BCUT2D eigenvalue weighted by Gasteiger charge is 2.24. The van der Waals surface area contributed by atoms with Crippen molar-refractivity contribution in [3.05, 3.63) is 36.0 Å². The zero-order valence-electron chi connectivity index (χ0n) is 12.9. The number of H-pyrrole nitrogens is 1. The van der Waals surface area contributed by atoms with Crippen LogP contribution in [0.25, 0.3) is 10.9 Å². The zero-order chi connectivity index (χ0) is 14.8. The van der Waals surface area contributed by atoms with Gasteiger partial charge in [-0.2, -0.15) is 0 Å². The predicted molar refractivity (Wildman–Crippen MR) is 86.3 cm³/mol. The van der Waals surface area contributed by atoms with Crippen molar-refractivity contribution >= 4 is 16.8 Å². The first-order valence-electron chi connectivity index (χ1n) is 7.99. The Morgan fingerprint density at radius 3 is 2.67 bits per heavy atom. The van der Waals surface area contributed by atoms with E-state index >= 15 is 0 Å². The molecule has 3 nitrogen and oxygen atoms in total. The Hall–Kier alpha value is -1.77. The quantitative estimate of drug-likeness (QED) is 0.911. The van der Waals surface area contributed by atoms with Gasteiger partial charge in [0.1, 0.15) is 0 Å². The summed E-state index contributed by atoms with van der Waals surface area (Å²) < 4.78 is 0. The van der Waals surface area contributed by atoms with E-state index in [1.807, 2.05) is 4.90 Å². The number of nitrogens with zero attached hydrogens (tertiary/aromatic N) is 1. The number of likely N-dealkylation sites (tertiary alicyclic amines) is 1. The number of aromatic amines is 1. The maximum Gasteiger partial charge on any atom is 0.222 e. The van der Waals surface area contributed by atoms with Crippen molar-refractivity contribution in [2.75, 3.05) is 13.1 Å². The van der Waals surface area contributed by atoms with Crippen molar-refractivity contribution in [1.82, 2.24) is 9.88 Å². The first-order chi connectivity index (χ1) is 10.1. The second-order valence-corrected chi connectivity index (χ2v) is 6.56. The topological polar surface area (TPSA) is 36.1 Å². The minimum atomic E-state index is 0.320. The lowest BCUT2D eigenvalue weighted by molar-refractivity contribution is -0.133. The summed E-state index contributed by atoms with van der Waals surface area (Å²) in [5.74, 6) is 1.32. The van der Waals surface area contributed by atoms with Gasteiger partial charge in [-0.15, -0.1) is 0 Å². The van der Waals surface area contributed by atoms with Gasteiger partial charge in [-0.05, 0) is 36.3 Å². The van der Waals surface area contributed by atoms with Gasteiger partial charge in [0.15, 0.2) is 0 Å². The summed E-state index contributed by atoms with van der Waals surface area (Å²) in [6, 6.07) is 10.7. The Morgan fingerprint density at radius 1 is 1.29 bits per heavy atom. The van der Waals surface area contributed by atoms with E-state index in [0.29, 0.717) is 24.2 Å². The van der Waals surface area contributed by atoms with Crippen molar-refractivity contribution in [3.63, 3.8) is 0 Å². The number of hydrogen-bond donors (Lipinski definition) is 1. The van der Waals surface area contributed by atoms with Gasteiger partial charge in [-0.25, -0.2) is 0 Å². The smallest absolute Gasteiger partial charge is 0.222 e. The largest absolute Gasteiger partial charge is 0.358 e. The molecule has 1 aromatic carbocycles. The summed E-state index contributed by atoms with van der Waals surface area (Å²) in [4.78, 5) is 17.7. The van der Waals surface area contributed by atoms with Crippen LogP contribution in [0.4, 0.5) is 0 Å². The Morgan fingerprint density at radius 2 is 2.00 bits per heavy atom. The third kappa shape index (κ3) is 3.12. The minimum absolute atomic E-state index is 0.320. The van der Waals surface area contributed by atoms with E-state index in [9.17, 15) is 4.79 Å². The number of amides is 1. The fourth-order valence-electron chi connectivity index (χ4n) is 3.23. The zero-order valence-corrected chi connectivity index (χ0v) is 12.9. The Bertz CT molecular complexity index is 588. The molecule has 1 amide bonds. The number of carbonyl (C=O) groups is 1. The number of para-hydroxylation sites is 1. The number of benzene rings is 1. The predicted octanol–water partition coefficient (Wildman–Crippen LogP) is 3.92. The molecule has 1 aliphatic rings. The maximum atomic E-state index is 12.1. The van der Waals surface area contributed by atoms with Crippen LogP contribution in [0.2, 0.25) is 0 Å². The number of piperidine rings is 1. The SMILES string of the molecule is CC(C)CC(=O)N1CCC(c2cc3ccccc3[nH]2)CC1. The van der Waals surface area contributed by atoms with Gasteiger partial charge < -0.3 is 9.88 Å². The third-order valence-corrected chi connectivity index (χ3v) is 4.42. The van der Waals surface area contributed by atoms with Gasteiger partial charge in [0.25, 0.3) is 0 Å². The van der Waals surface area contributed by atoms with E-state index in [-0.39, 0.29) is 0 Å². The molecule has 2 heterocycles. The minimum Gasteiger partial charge on any atom is -0.358 e. The molecule has 1 aromatic heterocycles. The van der Waals surface area contributed by atoms with E-state index in [1.165, 1.54) is 16.6 Å². The first kappa shape index (κ1) is 14.2. The summed E-state index contributed by atoms with van der Waals surface area (Å²) in [6.45, 7) is 6.00. The fraction of sp³-hybridized carbons (Fsp3) is 0.500. The summed E-state index contributed by atoms with van der Waals surface area (Å²) in [7, 11) is 0. The van der Waals surface area contributed by atoms with Crippen LogP contribution in [0.5, 0.6) is 0 Å². The molecule has 0 unspecified atom stereocenters. The molecule has 1 N–H and O–H groups in total. The van der Waals surface area contributed by atoms with Crippen LogP contribution in [0.1, 0.15) is 44.7 Å². The van der Waals surface area contributed by atoms with Gasteiger partial charge >= 0.3 is 0 Å². The second kappa shape index (κ2) is 5.92. The van der Waals surface area contributed by atoms with Crippen LogP contribution < -0.4 is 0 Å². The molecule has 0 spiro atoms. The van der Waals surface area contributed by atoms with Crippen molar-refractivity contribution in [2.45, 2.75) is 39.0 Å². The molecule has 0 atom stereocenters. The van der Waals surface area contributed by atoms with Crippen LogP contribution in [-0.2, 0) is 4.79 Å². The van der Waals surface area contributed by atoms with Crippen molar-refractivity contribution in [1.29, 1.82) is 0 Å². The molecule has 0 radical (unpaired) electrons. The van der Waals surface area contributed by atoms with Crippen LogP contribution in [0, 0.1) is 5.92 Å². The van der Waals surface area contributed by atoms with Gasteiger partial charge in [-0.1, -0.05) is 32.0 Å². The molecular weight excluding hydrogens is 260 g/mol. The van der Waals surface area contributed by atoms with Crippen LogP contribution >= 0.6 is 0 Å². The first-order valence-corrected chi connectivity index (χ1v) is 7.99. The molecule has 3 heteroatoms. The van der Waals surface area contributed by atoms with Gasteiger partial charge in [0, 0.05) is 36.6 Å². The van der Waals surface area contributed by atoms with E-state index in [1.54, 1.807) is 0 Å². The summed E-state index contributed by atoms with van der Waals surface area (Å²) in [5.41, 5.74) is 2.54. The van der Waals surface area contributed by atoms with Crippen LogP contribution in [0.3, 0.4) is 0 Å². The molecule has 1 aliphatic heterocycles. The highest BCUT2D eigenvalue weighted by atomic mass is 16.2. The molecule has 112 valence electrons. The van der Waals surface area contributed by atoms with Crippen molar-refractivity contribution < 1.29 is 4.79 Å². The lowest BCUT2D eigenvalue weighted by Gasteiger charge is -2.32. The standard InChI is InChI=1S/C18H24N2O/c1-13(2)11-18(21)20-9-7-14(8-10-20)17-12-15-5-3-4-6-16(15)19-17/h3-6,12-14,19H,7-11H2,1-2H3. The number of rotatable bonds is 3. The van der Waals surface area contributed by atoms with Crippen LogP contribution in [-0.4, -0.2) is 28.9 Å². The molecule has 21 heavy (non-hydrogen) atoms. The number of hydrogen-bond acceptors (Lipinski definition) is 1. The van der Waals surface area contributed by atoms with Crippen molar-refractivity contribution in [2.24, 2.45) is 5.92 Å². The summed E-state index contributed by atoms with van der Waals surface area (Å²) in [5, 5.41) is 1.28. The third-order valence-electron chi connectivity index (χ3n) is 4.42. The summed E-state index contributed by atoms with van der Waals surface area (Å²) in [6.07, 6.45) is 2.81. The van der Waals surface area contributed by atoms with Gasteiger partial charge in [0.05, 0.1) is 0 Å². The molecule has 2 aromatic rings. The van der Waals surface area contributed by atoms with E-state index < -0.39 is 0 Å². The maximum absolute atomic E-state index is 12.1. The van der Waals surface area contributed by atoms with E-state index in [4.69, 9.17) is 0 Å². The highest BCUT2D eigenvalue weighted by molar-refractivity contribution is 5.80. The Labute approximate surface area is 126 Å². The second-order valence-electron chi connectivity index (χ2n) is 6.56. The molecule has 3 rings (SSSR count). The van der Waals surface area contributed by atoms with E-state index in [2.05, 4.69) is 49.2 Å². The van der Waals surface area contributed by atoms with Gasteiger partial charge in [0.2, 0.25) is 5.91 Å². The molecule has 0 bridgehead atoms. The average Bonchev–Trinajstić information content (AvgIpc) is 2.90. The van der Waals surface area contributed by atoms with E-state index in [0.717, 1.165) is 25.9 Å². The monoisotopic (exact) mass is 284 g/mol. The highest BCUT2D eigenvalue weighted by Crippen LogP contribution is 2.30. The molecule has 0 saturated carbocycles. The number of aromatic nitrogens is 1. The Kier molecular flexibility index (Phi) is 4.00. The van der Waals surface area contributed by atoms with Gasteiger partial charge in [-0.3, -0.25) is 4.79 Å². The van der Waals surface area contributed by atoms with Crippen molar-refractivity contribution in [3.8, 4) is 0 Å².